The van der Waals surface area contributed by atoms with Crippen molar-refractivity contribution >= 4 is 15.6 Å². The fourth-order valence-electron chi connectivity index (χ4n) is 3.75. The standard InChI is InChI=1S/C20H25N3O6S/c1-30(27,28)19-9-7-15(8-10-19)20-14-16(13-18(24)11-12-29-23(25)26)21-22(20)17-5-3-2-4-6-17/h7-10,14,17H,2-6,11-13H2,1H3. The van der Waals surface area contributed by atoms with Gasteiger partial charge in [-0.1, -0.05) is 31.4 Å². The summed E-state index contributed by atoms with van der Waals surface area (Å²) in [5.74, 6) is -0.191. The van der Waals surface area contributed by atoms with Crippen LogP contribution in [0.2, 0.25) is 0 Å². The van der Waals surface area contributed by atoms with Gasteiger partial charge in [0.15, 0.2) is 9.84 Å². The zero-order valence-electron chi connectivity index (χ0n) is 16.8. The quantitative estimate of drug-likeness (QED) is 0.438. The van der Waals surface area contributed by atoms with Gasteiger partial charge in [-0.3, -0.25) is 9.48 Å². The molecule has 1 aliphatic carbocycles. The first-order valence-corrected chi connectivity index (χ1v) is 11.8. The summed E-state index contributed by atoms with van der Waals surface area (Å²) in [6, 6.07) is 8.72. The van der Waals surface area contributed by atoms with Crippen molar-refractivity contribution in [1.29, 1.82) is 0 Å². The van der Waals surface area contributed by atoms with Gasteiger partial charge in [0.25, 0.3) is 5.09 Å². The fraction of sp³-hybridized carbons (Fsp3) is 0.500. The predicted molar refractivity (Wildman–Crippen MR) is 109 cm³/mol. The van der Waals surface area contributed by atoms with Crippen LogP contribution in [-0.4, -0.2) is 41.9 Å². The maximum absolute atomic E-state index is 12.2. The summed E-state index contributed by atoms with van der Waals surface area (Å²) in [5, 5.41) is 14.0. The van der Waals surface area contributed by atoms with E-state index in [1.165, 1.54) is 12.7 Å². The molecule has 0 spiro atoms. The van der Waals surface area contributed by atoms with E-state index in [-0.39, 0.29) is 36.2 Å². The third-order valence-electron chi connectivity index (χ3n) is 5.24. The molecule has 162 valence electrons. The molecule has 0 amide bonds. The van der Waals surface area contributed by atoms with Crippen molar-refractivity contribution in [3.05, 3.63) is 46.1 Å². The van der Waals surface area contributed by atoms with Gasteiger partial charge in [0.05, 0.1) is 28.7 Å². The molecule has 1 aromatic carbocycles. The Balaban J connectivity index is 1.85. The minimum Gasteiger partial charge on any atom is -0.313 e. The molecule has 30 heavy (non-hydrogen) atoms. The lowest BCUT2D eigenvalue weighted by Gasteiger charge is -2.24. The molecule has 0 unspecified atom stereocenters. The number of benzene rings is 1. The first-order chi connectivity index (χ1) is 14.2. The summed E-state index contributed by atoms with van der Waals surface area (Å²) in [4.78, 5) is 26.8. The molecule has 1 heterocycles. The van der Waals surface area contributed by atoms with Crippen LogP contribution in [0, 0.1) is 10.1 Å². The molecule has 1 saturated carbocycles. The van der Waals surface area contributed by atoms with Crippen molar-refractivity contribution in [2.75, 3.05) is 12.9 Å². The number of sulfone groups is 1. The van der Waals surface area contributed by atoms with Crippen molar-refractivity contribution in [1.82, 2.24) is 9.78 Å². The summed E-state index contributed by atoms with van der Waals surface area (Å²) in [6.45, 7) is -0.269. The molecule has 0 aliphatic heterocycles. The summed E-state index contributed by atoms with van der Waals surface area (Å²) in [6.07, 6.45) is 6.59. The lowest BCUT2D eigenvalue weighted by atomic mass is 9.95. The second kappa shape index (κ2) is 9.38. The van der Waals surface area contributed by atoms with E-state index in [9.17, 15) is 23.3 Å². The Labute approximate surface area is 175 Å². The summed E-state index contributed by atoms with van der Waals surface area (Å²) in [7, 11) is -3.28. The Morgan fingerprint density at radius 1 is 1.23 bits per heavy atom. The van der Waals surface area contributed by atoms with Gasteiger partial charge in [0.1, 0.15) is 12.4 Å². The zero-order chi connectivity index (χ0) is 21.7. The lowest BCUT2D eigenvalue weighted by molar-refractivity contribution is -0.757. The van der Waals surface area contributed by atoms with Gasteiger partial charge in [-0.05, 0) is 36.6 Å². The summed E-state index contributed by atoms with van der Waals surface area (Å²) in [5.41, 5.74) is 2.26. The maximum Gasteiger partial charge on any atom is 0.294 e. The van der Waals surface area contributed by atoms with E-state index in [0.29, 0.717) is 5.69 Å². The van der Waals surface area contributed by atoms with Crippen LogP contribution in [0.5, 0.6) is 0 Å². The number of rotatable bonds is 9. The van der Waals surface area contributed by atoms with Crippen molar-refractivity contribution in [2.45, 2.75) is 55.9 Å². The number of carbonyl (C=O) groups excluding carboxylic acids is 1. The van der Waals surface area contributed by atoms with Gasteiger partial charge in [-0.2, -0.15) is 5.10 Å². The zero-order valence-corrected chi connectivity index (χ0v) is 17.6. The smallest absolute Gasteiger partial charge is 0.294 e. The number of carbonyl (C=O) groups is 1. The average Bonchev–Trinajstić information content (AvgIpc) is 3.11. The second-order valence-electron chi connectivity index (χ2n) is 7.58. The van der Waals surface area contributed by atoms with Gasteiger partial charge >= 0.3 is 0 Å². The number of nitrogens with zero attached hydrogens (tertiary/aromatic N) is 3. The van der Waals surface area contributed by atoms with E-state index in [1.54, 1.807) is 24.3 Å². The highest BCUT2D eigenvalue weighted by molar-refractivity contribution is 7.90. The van der Waals surface area contributed by atoms with Crippen LogP contribution in [0.25, 0.3) is 11.3 Å². The van der Waals surface area contributed by atoms with Gasteiger partial charge in [-0.25, -0.2) is 8.42 Å². The molecule has 0 saturated heterocycles. The number of ketones is 1. The van der Waals surface area contributed by atoms with E-state index >= 15 is 0 Å². The van der Waals surface area contributed by atoms with Crippen LogP contribution in [0.1, 0.15) is 50.3 Å². The largest absolute Gasteiger partial charge is 0.313 e. The fourth-order valence-corrected chi connectivity index (χ4v) is 4.38. The molecule has 0 bridgehead atoms. The van der Waals surface area contributed by atoms with Gasteiger partial charge in [-0.15, -0.1) is 10.1 Å². The molecule has 1 aromatic heterocycles. The Kier molecular flexibility index (Phi) is 6.86. The van der Waals surface area contributed by atoms with Crippen LogP contribution in [0.4, 0.5) is 0 Å². The molecule has 1 fully saturated rings. The minimum atomic E-state index is -3.28. The van der Waals surface area contributed by atoms with Crippen LogP contribution < -0.4 is 0 Å². The van der Waals surface area contributed by atoms with Gasteiger partial charge in [0, 0.05) is 12.7 Å². The molecule has 1 aliphatic rings. The third kappa shape index (κ3) is 5.65. The van der Waals surface area contributed by atoms with E-state index in [0.717, 1.165) is 36.9 Å². The minimum absolute atomic E-state index is 0.0599. The average molecular weight is 436 g/mol. The van der Waals surface area contributed by atoms with Crippen molar-refractivity contribution in [3.63, 3.8) is 0 Å². The number of hydrogen-bond donors (Lipinski definition) is 0. The predicted octanol–water partition coefficient (Wildman–Crippen LogP) is 3.17. The lowest BCUT2D eigenvalue weighted by Crippen LogP contribution is -2.16. The highest BCUT2D eigenvalue weighted by atomic mass is 32.2. The molecule has 0 radical (unpaired) electrons. The normalized spacial score (nSPS) is 15.1. The molecule has 10 heteroatoms. The van der Waals surface area contributed by atoms with Gasteiger partial charge < -0.3 is 4.84 Å². The van der Waals surface area contributed by atoms with Gasteiger partial charge in [0.2, 0.25) is 0 Å². The van der Waals surface area contributed by atoms with Crippen molar-refractivity contribution in [3.8, 4) is 11.3 Å². The van der Waals surface area contributed by atoms with E-state index < -0.39 is 14.9 Å². The highest BCUT2D eigenvalue weighted by Crippen LogP contribution is 2.33. The van der Waals surface area contributed by atoms with E-state index in [1.807, 2.05) is 10.7 Å². The van der Waals surface area contributed by atoms with Crippen LogP contribution in [0.15, 0.2) is 35.2 Å². The Hall–Kier alpha value is -2.75. The first kappa shape index (κ1) is 21.9. The van der Waals surface area contributed by atoms with Crippen molar-refractivity contribution in [2.24, 2.45) is 0 Å². The SMILES string of the molecule is CS(=O)(=O)c1ccc(-c2cc(CC(=O)CCO[N+](=O)[O-])nn2C2CCCCC2)cc1. The third-order valence-corrected chi connectivity index (χ3v) is 6.37. The highest BCUT2D eigenvalue weighted by Gasteiger charge is 2.22. The van der Waals surface area contributed by atoms with Crippen LogP contribution in [0.3, 0.4) is 0 Å². The second-order valence-corrected chi connectivity index (χ2v) is 9.59. The summed E-state index contributed by atoms with van der Waals surface area (Å²) >= 11 is 0. The Morgan fingerprint density at radius 3 is 2.50 bits per heavy atom. The molecule has 9 nitrogen and oxygen atoms in total. The molecule has 0 atom stereocenters. The maximum atomic E-state index is 12.2. The van der Waals surface area contributed by atoms with E-state index in [4.69, 9.17) is 0 Å². The molecule has 3 rings (SSSR count). The Bertz CT molecular complexity index is 1010. The molecular formula is C20H25N3O6S. The van der Waals surface area contributed by atoms with Crippen LogP contribution in [-0.2, 0) is 25.9 Å². The van der Waals surface area contributed by atoms with E-state index in [2.05, 4.69) is 9.94 Å². The van der Waals surface area contributed by atoms with Crippen LogP contribution >= 0.6 is 0 Å². The van der Waals surface area contributed by atoms with Crippen molar-refractivity contribution < 1.29 is 23.1 Å². The summed E-state index contributed by atoms with van der Waals surface area (Å²) < 4.78 is 25.4. The molecule has 2 aromatic rings. The Morgan fingerprint density at radius 2 is 1.90 bits per heavy atom. The number of aromatic nitrogens is 2. The first-order valence-electron chi connectivity index (χ1n) is 9.92. The topological polar surface area (TPSA) is 121 Å². The number of Topliss-reactive ketones (excluding diaryl/α,β-unsaturated/α-hetero) is 1. The molecule has 0 N–H and O–H groups in total. The molecular weight excluding hydrogens is 410 g/mol. The monoisotopic (exact) mass is 435 g/mol. The number of hydrogen-bond acceptors (Lipinski definition) is 7.